The van der Waals surface area contributed by atoms with Gasteiger partial charge in [0.15, 0.2) is 0 Å². The van der Waals surface area contributed by atoms with Crippen LogP contribution in [0.1, 0.15) is 25.3 Å². The van der Waals surface area contributed by atoms with Crippen LogP contribution in [0.5, 0.6) is 5.75 Å². The second kappa shape index (κ2) is 6.04. The number of hydrogen-bond acceptors (Lipinski definition) is 3. The van der Waals surface area contributed by atoms with Crippen LogP contribution in [0.4, 0.5) is 0 Å². The van der Waals surface area contributed by atoms with E-state index < -0.39 is 6.23 Å². The zero-order valence-corrected chi connectivity index (χ0v) is 11.7. The smallest absolute Gasteiger partial charge is 0.119 e. The first-order valence-corrected chi connectivity index (χ1v) is 6.65. The fourth-order valence-corrected chi connectivity index (χ4v) is 2.22. The van der Waals surface area contributed by atoms with Crippen LogP contribution >= 0.6 is 0 Å². The number of methoxy groups -OCH3 is 1. The molecule has 0 heterocycles. The Bertz CT molecular complexity index is 553. The predicted octanol–water partition coefficient (Wildman–Crippen LogP) is 2.88. The molecule has 0 bridgehead atoms. The third-order valence-corrected chi connectivity index (χ3v) is 3.48. The van der Waals surface area contributed by atoms with E-state index in [9.17, 15) is 5.11 Å². The highest BCUT2D eigenvalue weighted by atomic mass is 16.5. The Morgan fingerprint density at radius 1 is 1.16 bits per heavy atom. The van der Waals surface area contributed by atoms with Crippen molar-refractivity contribution in [3.05, 3.63) is 42.0 Å². The first kappa shape index (κ1) is 13.8. The van der Waals surface area contributed by atoms with Gasteiger partial charge in [-0.15, -0.1) is 0 Å². The van der Waals surface area contributed by atoms with Crippen LogP contribution in [0.25, 0.3) is 10.8 Å². The number of benzene rings is 2. The van der Waals surface area contributed by atoms with Gasteiger partial charge in [0.05, 0.1) is 7.11 Å². The standard InChI is InChI=1S/C16H21NO2/c1-4-17-16(18)11(2)12-5-6-14-10-15(19-3)8-7-13(14)9-12/h5-11,16-18H,4H2,1-3H3. The van der Waals surface area contributed by atoms with Gasteiger partial charge in [-0.1, -0.05) is 38.1 Å². The minimum atomic E-state index is -0.513. The second-order valence-electron chi connectivity index (χ2n) is 4.76. The molecule has 102 valence electrons. The molecule has 3 heteroatoms. The third-order valence-electron chi connectivity index (χ3n) is 3.48. The van der Waals surface area contributed by atoms with Gasteiger partial charge in [0.2, 0.25) is 0 Å². The van der Waals surface area contributed by atoms with Gasteiger partial charge in [-0.3, -0.25) is 5.32 Å². The van der Waals surface area contributed by atoms with Crippen LogP contribution in [-0.2, 0) is 0 Å². The lowest BCUT2D eigenvalue weighted by Gasteiger charge is -2.20. The molecule has 0 aromatic heterocycles. The van der Waals surface area contributed by atoms with Crippen LogP contribution in [-0.4, -0.2) is 25.0 Å². The fraction of sp³-hybridized carbons (Fsp3) is 0.375. The summed E-state index contributed by atoms with van der Waals surface area (Å²) in [7, 11) is 1.67. The summed E-state index contributed by atoms with van der Waals surface area (Å²) in [5, 5.41) is 15.3. The largest absolute Gasteiger partial charge is 0.497 e. The van der Waals surface area contributed by atoms with Gasteiger partial charge in [-0.05, 0) is 35.0 Å². The number of ether oxygens (including phenoxy) is 1. The summed E-state index contributed by atoms with van der Waals surface area (Å²) in [5.41, 5.74) is 1.13. The summed E-state index contributed by atoms with van der Waals surface area (Å²) in [6.07, 6.45) is -0.513. The van der Waals surface area contributed by atoms with Crippen molar-refractivity contribution < 1.29 is 9.84 Å². The van der Waals surface area contributed by atoms with E-state index in [2.05, 4.69) is 23.5 Å². The van der Waals surface area contributed by atoms with Crippen LogP contribution < -0.4 is 10.1 Å². The third kappa shape index (κ3) is 3.06. The molecule has 0 radical (unpaired) electrons. The maximum absolute atomic E-state index is 9.99. The summed E-state index contributed by atoms with van der Waals surface area (Å²) < 4.78 is 5.22. The van der Waals surface area contributed by atoms with Crippen molar-refractivity contribution in [2.24, 2.45) is 0 Å². The summed E-state index contributed by atoms with van der Waals surface area (Å²) in [6, 6.07) is 12.3. The molecule has 2 atom stereocenters. The quantitative estimate of drug-likeness (QED) is 0.811. The molecule has 3 nitrogen and oxygen atoms in total. The monoisotopic (exact) mass is 259 g/mol. The van der Waals surface area contributed by atoms with Gasteiger partial charge in [-0.25, -0.2) is 0 Å². The molecular weight excluding hydrogens is 238 g/mol. The van der Waals surface area contributed by atoms with E-state index in [4.69, 9.17) is 4.74 Å². The van der Waals surface area contributed by atoms with Gasteiger partial charge in [0.1, 0.15) is 12.0 Å². The topological polar surface area (TPSA) is 41.5 Å². The van der Waals surface area contributed by atoms with E-state index in [0.29, 0.717) is 0 Å². The number of hydrogen-bond donors (Lipinski definition) is 2. The first-order valence-electron chi connectivity index (χ1n) is 6.65. The molecule has 0 saturated carbocycles. The fourth-order valence-electron chi connectivity index (χ4n) is 2.22. The molecule has 0 aliphatic heterocycles. The highest BCUT2D eigenvalue weighted by molar-refractivity contribution is 5.84. The van der Waals surface area contributed by atoms with Crippen molar-refractivity contribution in [3.8, 4) is 5.75 Å². The van der Waals surface area contributed by atoms with Crippen LogP contribution in [0.15, 0.2) is 36.4 Å². The normalized spacial score (nSPS) is 14.3. The lowest BCUT2D eigenvalue weighted by molar-refractivity contribution is 0.115. The van der Waals surface area contributed by atoms with Crippen molar-refractivity contribution in [1.29, 1.82) is 0 Å². The molecule has 0 aliphatic carbocycles. The number of fused-ring (bicyclic) bond motifs is 1. The predicted molar refractivity (Wildman–Crippen MR) is 78.6 cm³/mol. The molecular formula is C16H21NO2. The Morgan fingerprint density at radius 2 is 1.84 bits per heavy atom. The van der Waals surface area contributed by atoms with Crippen molar-refractivity contribution in [2.75, 3.05) is 13.7 Å². The molecule has 0 saturated heterocycles. The molecule has 2 rings (SSSR count). The van der Waals surface area contributed by atoms with Gasteiger partial charge < -0.3 is 9.84 Å². The SMILES string of the molecule is CCNC(O)C(C)c1ccc2cc(OC)ccc2c1. The Kier molecular flexibility index (Phi) is 4.40. The lowest BCUT2D eigenvalue weighted by atomic mass is 9.96. The van der Waals surface area contributed by atoms with E-state index in [-0.39, 0.29) is 5.92 Å². The first-order chi connectivity index (χ1) is 9.15. The number of aliphatic hydroxyl groups excluding tert-OH is 1. The molecule has 2 aromatic carbocycles. The summed E-state index contributed by atoms with van der Waals surface area (Å²) in [6.45, 7) is 4.77. The van der Waals surface area contributed by atoms with E-state index >= 15 is 0 Å². The summed E-state index contributed by atoms with van der Waals surface area (Å²) in [5.74, 6) is 0.924. The Morgan fingerprint density at radius 3 is 2.53 bits per heavy atom. The van der Waals surface area contributed by atoms with Crippen LogP contribution in [0.3, 0.4) is 0 Å². The van der Waals surface area contributed by atoms with E-state index in [1.54, 1.807) is 7.11 Å². The van der Waals surface area contributed by atoms with Gasteiger partial charge >= 0.3 is 0 Å². The number of nitrogens with one attached hydrogen (secondary N) is 1. The van der Waals surface area contributed by atoms with Gasteiger partial charge in [0.25, 0.3) is 0 Å². The summed E-state index contributed by atoms with van der Waals surface area (Å²) >= 11 is 0. The zero-order valence-electron chi connectivity index (χ0n) is 11.7. The second-order valence-corrected chi connectivity index (χ2v) is 4.76. The zero-order chi connectivity index (χ0) is 13.8. The number of aliphatic hydroxyl groups is 1. The molecule has 2 unspecified atom stereocenters. The summed E-state index contributed by atoms with van der Waals surface area (Å²) in [4.78, 5) is 0. The average molecular weight is 259 g/mol. The molecule has 0 aliphatic rings. The minimum absolute atomic E-state index is 0.0615. The Labute approximate surface area is 114 Å². The maximum Gasteiger partial charge on any atom is 0.119 e. The Balaban J connectivity index is 2.31. The molecule has 19 heavy (non-hydrogen) atoms. The van der Waals surface area contributed by atoms with Crippen molar-refractivity contribution in [1.82, 2.24) is 5.32 Å². The number of likely N-dealkylation sites (N-methyl/N-ethyl adjacent to an activating group) is 1. The van der Waals surface area contributed by atoms with Crippen molar-refractivity contribution in [3.63, 3.8) is 0 Å². The van der Waals surface area contributed by atoms with E-state index in [1.807, 2.05) is 32.0 Å². The highest BCUT2D eigenvalue weighted by Gasteiger charge is 2.15. The van der Waals surface area contributed by atoms with Crippen molar-refractivity contribution in [2.45, 2.75) is 26.0 Å². The van der Waals surface area contributed by atoms with Crippen LogP contribution in [0, 0.1) is 0 Å². The minimum Gasteiger partial charge on any atom is -0.497 e. The molecule has 2 N–H and O–H groups in total. The van der Waals surface area contributed by atoms with Crippen molar-refractivity contribution >= 4 is 10.8 Å². The molecule has 0 spiro atoms. The number of rotatable bonds is 5. The molecule has 0 amide bonds. The molecule has 0 fully saturated rings. The maximum atomic E-state index is 9.99. The van der Waals surface area contributed by atoms with Crippen LogP contribution in [0.2, 0.25) is 0 Å². The van der Waals surface area contributed by atoms with Gasteiger partial charge in [0, 0.05) is 5.92 Å². The van der Waals surface area contributed by atoms with Gasteiger partial charge in [-0.2, -0.15) is 0 Å². The van der Waals surface area contributed by atoms with E-state index in [1.165, 1.54) is 0 Å². The lowest BCUT2D eigenvalue weighted by Crippen LogP contribution is -2.33. The highest BCUT2D eigenvalue weighted by Crippen LogP contribution is 2.26. The molecule has 2 aromatic rings. The average Bonchev–Trinajstić information content (AvgIpc) is 2.45. The Hall–Kier alpha value is -1.58. The van der Waals surface area contributed by atoms with E-state index in [0.717, 1.165) is 28.6 Å².